The largest absolute Gasteiger partial charge is 0.443 e. The van der Waals surface area contributed by atoms with Crippen molar-refractivity contribution in [1.82, 2.24) is 10.3 Å². The number of fused-ring (bicyclic) bond motifs is 1. The zero-order valence-electron chi connectivity index (χ0n) is 5.55. The van der Waals surface area contributed by atoms with Gasteiger partial charge in [0.15, 0.2) is 0 Å². The molecule has 2 heterocycles. The Morgan fingerprint density at radius 1 is 1.60 bits per heavy atom. The van der Waals surface area contributed by atoms with Crippen LogP contribution in [0.1, 0.15) is 17.3 Å². The quantitative estimate of drug-likeness (QED) is 0.562. The van der Waals surface area contributed by atoms with Crippen LogP contribution in [0.4, 0.5) is 0 Å². The summed E-state index contributed by atoms with van der Waals surface area (Å²) in [4.78, 5) is 4.16. The number of hydrogen-bond acceptors (Lipinski definition) is 4. The van der Waals surface area contributed by atoms with Gasteiger partial charge in [-0.1, -0.05) is 0 Å². The molecular formula is C6H9N3O. The third kappa shape index (κ3) is 0.732. The van der Waals surface area contributed by atoms with Crippen molar-refractivity contribution in [3.05, 3.63) is 17.3 Å². The molecule has 2 rings (SSSR count). The molecule has 0 radical (unpaired) electrons. The topological polar surface area (TPSA) is 64.1 Å². The van der Waals surface area contributed by atoms with Gasteiger partial charge in [0, 0.05) is 6.54 Å². The second kappa shape index (κ2) is 2.07. The average Bonchev–Trinajstić information content (AvgIpc) is 2.42. The summed E-state index contributed by atoms with van der Waals surface area (Å²) in [7, 11) is 0. The Hall–Kier alpha value is -0.870. The van der Waals surface area contributed by atoms with Crippen LogP contribution in [0.3, 0.4) is 0 Å². The molecule has 1 aromatic rings. The van der Waals surface area contributed by atoms with Gasteiger partial charge in [0.2, 0.25) is 5.89 Å². The lowest BCUT2D eigenvalue weighted by Crippen LogP contribution is -2.03. The first-order valence-electron chi connectivity index (χ1n) is 3.28. The van der Waals surface area contributed by atoms with E-state index in [0.717, 1.165) is 24.5 Å². The van der Waals surface area contributed by atoms with Crippen molar-refractivity contribution in [3.63, 3.8) is 0 Å². The molecule has 0 bridgehead atoms. The van der Waals surface area contributed by atoms with Crippen LogP contribution in [0.15, 0.2) is 4.42 Å². The predicted octanol–water partition coefficient (Wildman–Crippen LogP) is -0.264. The SMILES string of the molecule is NCc1nc2c(o1)CNC2. The van der Waals surface area contributed by atoms with Gasteiger partial charge in [0.05, 0.1) is 18.8 Å². The lowest BCUT2D eigenvalue weighted by molar-refractivity contribution is 0.451. The van der Waals surface area contributed by atoms with Crippen LogP contribution < -0.4 is 11.1 Å². The fourth-order valence-corrected chi connectivity index (χ4v) is 1.09. The number of nitrogens with one attached hydrogen (secondary N) is 1. The van der Waals surface area contributed by atoms with E-state index in [1.807, 2.05) is 0 Å². The highest BCUT2D eigenvalue weighted by atomic mass is 16.4. The van der Waals surface area contributed by atoms with Crippen LogP contribution in [0.2, 0.25) is 0 Å². The third-order valence-corrected chi connectivity index (χ3v) is 1.58. The van der Waals surface area contributed by atoms with Crippen molar-refractivity contribution < 1.29 is 4.42 Å². The number of oxazole rings is 1. The van der Waals surface area contributed by atoms with Crippen molar-refractivity contribution in [3.8, 4) is 0 Å². The number of nitrogens with zero attached hydrogens (tertiary/aromatic N) is 1. The number of hydrogen-bond donors (Lipinski definition) is 2. The van der Waals surface area contributed by atoms with Crippen LogP contribution in [-0.2, 0) is 19.6 Å². The second-order valence-electron chi connectivity index (χ2n) is 2.29. The first-order valence-corrected chi connectivity index (χ1v) is 3.28. The summed E-state index contributed by atoms with van der Waals surface area (Å²) in [6.45, 7) is 2.01. The van der Waals surface area contributed by atoms with E-state index in [0.29, 0.717) is 12.4 Å². The molecule has 0 atom stereocenters. The van der Waals surface area contributed by atoms with E-state index < -0.39 is 0 Å². The van der Waals surface area contributed by atoms with Gasteiger partial charge in [-0.25, -0.2) is 4.98 Å². The summed E-state index contributed by atoms with van der Waals surface area (Å²) < 4.78 is 5.28. The molecule has 1 aliphatic rings. The summed E-state index contributed by atoms with van der Waals surface area (Å²) in [5.74, 6) is 1.59. The van der Waals surface area contributed by atoms with Crippen molar-refractivity contribution in [2.24, 2.45) is 5.73 Å². The van der Waals surface area contributed by atoms with Gasteiger partial charge in [-0.05, 0) is 0 Å². The van der Waals surface area contributed by atoms with E-state index in [4.69, 9.17) is 10.2 Å². The molecule has 0 aromatic carbocycles. The number of rotatable bonds is 1. The lowest BCUT2D eigenvalue weighted by atomic mass is 10.4. The zero-order valence-corrected chi connectivity index (χ0v) is 5.55. The summed E-state index contributed by atoms with van der Waals surface area (Å²) in [5.41, 5.74) is 6.35. The van der Waals surface area contributed by atoms with E-state index in [1.54, 1.807) is 0 Å². The molecule has 54 valence electrons. The van der Waals surface area contributed by atoms with Crippen molar-refractivity contribution in [2.75, 3.05) is 0 Å². The number of nitrogens with two attached hydrogens (primary N) is 1. The van der Waals surface area contributed by atoms with Crippen molar-refractivity contribution >= 4 is 0 Å². The molecule has 10 heavy (non-hydrogen) atoms. The lowest BCUT2D eigenvalue weighted by Gasteiger charge is -1.88. The molecule has 1 aromatic heterocycles. The Bertz CT molecular complexity index is 222. The van der Waals surface area contributed by atoms with Gasteiger partial charge < -0.3 is 15.5 Å². The predicted molar refractivity (Wildman–Crippen MR) is 34.9 cm³/mol. The molecule has 4 nitrogen and oxygen atoms in total. The second-order valence-corrected chi connectivity index (χ2v) is 2.29. The highest BCUT2D eigenvalue weighted by Gasteiger charge is 2.16. The minimum Gasteiger partial charge on any atom is -0.443 e. The molecule has 0 aliphatic carbocycles. The molecular weight excluding hydrogens is 130 g/mol. The van der Waals surface area contributed by atoms with Gasteiger partial charge in [-0.3, -0.25) is 0 Å². The van der Waals surface area contributed by atoms with Gasteiger partial charge in [0.25, 0.3) is 0 Å². The summed E-state index contributed by atoms with van der Waals surface area (Å²) in [6, 6.07) is 0. The minimum atomic E-state index is 0.396. The molecule has 0 fully saturated rings. The Balaban J connectivity index is 2.37. The standard InChI is InChI=1S/C6H9N3O/c7-1-6-9-4-2-8-3-5(4)10-6/h8H,1-3,7H2. The highest BCUT2D eigenvalue weighted by Crippen LogP contribution is 2.15. The summed E-state index contributed by atoms with van der Waals surface area (Å²) >= 11 is 0. The minimum absolute atomic E-state index is 0.396. The van der Waals surface area contributed by atoms with Crippen LogP contribution in [0.25, 0.3) is 0 Å². The molecule has 4 heteroatoms. The fraction of sp³-hybridized carbons (Fsp3) is 0.500. The average molecular weight is 139 g/mol. The smallest absolute Gasteiger partial charge is 0.208 e. The molecule has 0 spiro atoms. The Morgan fingerprint density at radius 2 is 2.50 bits per heavy atom. The van der Waals surface area contributed by atoms with E-state index in [2.05, 4.69) is 10.3 Å². The van der Waals surface area contributed by atoms with Gasteiger partial charge >= 0.3 is 0 Å². The van der Waals surface area contributed by atoms with E-state index in [1.165, 1.54) is 0 Å². The maximum atomic E-state index is 5.33. The normalized spacial score (nSPS) is 15.7. The monoisotopic (exact) mass is 139 g/mol. The van der Waals surface area contributed by atoms with E-state index in [9.17, 15) is 0 Å². The van der Waals surface area contributed by atoms with Crippen molar-refractivity contribution in [1.29, 1.82) is 0 Å². The first-order chi connectivity index (χ1) is 4.90. The summed E-state index contributed by atoms with van der Waals surface area (Å²) in [6.07, 6.45) is 0. The Morgan fingerprint density at radius 3 is 3.20 bits per heavy atom. The zero-order chi connectivity index (χ0) is 6.97. The third-order valence-electron chi connectivity index (χ3n) is 1.58. The van der Waals surface area contributed by atoms with Gasteiger partial charge in [-0.2, -0.15) is 0 Å². The van der Waals surface area contributed by atoms with Crippen LogP contribution >= 0.6 is 0 Å². The maximum Gasteiger partial charge on any atom is 0.208 e. The van der Waals surface area contributed by atoms with Crippen LogP contribution in [0, 0.1) is 0 Å². The number of aromatic nitrogens is 1. The molecule has 1 aliphatic heterocycles. The Labute approximate surface area is 58.4 Å². The van der Waals surface area contributed by atoms with Crippen molar-refractivity contribution in [2.45, 2.75) is 19.6 Å². The highest BCUT2D eigenvalue weighted by molar-refractivity contribution is 5.13. The first kappa shape index (κ1) is 5.88. The fourth-order valence-electron chi connectivity index (χ4n) is 1.09. The van der Waals surface area contributed by atoms with E-state index >= 15 is 0 Å². The van der Waals surface area contributed by atoms with Gasteiger partial charge in [-0.15, -0.1) is 0 Å². The molecule has 0 unspecified atom stereocenters. The maximum absolute atomic E-state index is 5.33. The van der Waals surface area contributed by atoms with Gasteiger partial charge in [0.1, 0.15) is 5.76 Å². The van der Waals surface area contributed by atoms with Crippen LogP contribution in [-0.4, -0.2) is 4.98 Å². The molecule has 0 saturated carbocycles. The van der Waals surface area contributed by atoms with Crippen LogP contribution in [0.5, 0.6) is 0 Å². The van der Waals surface area contributed by atoms with E-state index in [-0.39, 0.29) is 0 Å². The summed E-state index contributed by atoms with van der Waals surface area (Å²) in [5, 5.41) is 3.12. The Kier molecular flexibility index (Phi) is 1.22. The molecule has 0 saturated heterocycles. The molecule has 3 N–H and O–H groups in total. The molecule has 0 amide bonds.